The van der Waals surface area contributed by atoms with E-state index < -0.39 is 0 Å². The fraction of sp³-hybridized carbons (Fsp3) is 0.345. The van der Waals surface area contributed by atoms with Crippen molar-refractivity contribution in [1.29, 1.82) is 0 Å². The fourth-order valence-corrected chi connectivity index (χ4v) is 5.50. The van der Waals surface area contributed by atoms with Crippen molar-refractivity contribution in [3.63, 3.8) is 0 Å². The zero-order valence-corrected chi connectivity index (χ0v) is 21.6. The minimum absolute atomic E-state index is 0.132. The van der Waals surface area contributed by atoms with Gasteiger partial charge in [0.05, 0.1) is 35.4 Å². The van der Waals surface area contributed by atoms with E-state index >= 15 is 0 Å². The minimum atomic E-state index is -0.337. The number of hydrogen-bond donors (Lipinski definition) is 2. The monoisotopic (exact) mass is 514 g/mol. The molecule has 6 rings (SSSR count). The number of rotatable bonds is 8. The Bertz CT molecular complexity index is 1510. The summed E-state index contributed by atoms with van der Waals surface area (Å²) >= 11 is 0. The summed E-state index contributed by atoms with van der Waals surface area (Å²) in [4.78, 5) is 24.7. The number of fused-ring (bicyclic) bond motifs is 2. The van der Waals surface area contributed by atoms with E-state index in [2.05, 4.69) is 40.4 Å². The van der Waals surface area contributed by atoms with Crippen LogP contribution in [0.15, 0.2) is 48.8 Å². The molecule has 1 saturated heterocycles. The van der Waals surface area contributed by atoms with Crippen LogP contribution in [0, 0.1) is 5.82 Å². The molecule has 9 heteroatoms. The van der Waals surface area contributed by atoms with Crippen LogP contribution < -0.4 is 10.6 Å². The van der Waals surface area contributed by atoms with Crippen molar-refractivity contribution in [2.24, 2.45) is 0 Å². The van der Waals surface area contributed by atoms with E-state index in [0.29, 0.717) is 35.2 Å². The number of anilines is 2. The molecule has 38 heavy (non-hydrogen) atoms. The van der Waals surface area contributed by atoms with E-state index in [1.807, 2.05) is 22.6 Å². The largest absolute Gasteiger partial charge is 0.381 e. The maximum Gasteiger partial charge on any atom is 0.254 e. The fourth-order valence-electron chi connectivity index (χ4n) is 5.50. The SMILES string of the molecule is CCN(CC)Cc1nc(Nc2ccc(-c3cnc4cc(F)ccn34)c3c2C(=O)NC3)ccc1[C@H]1CCOC1. The molecule has 196 valence electrons. The molecule has 3 aromatic heterocycles. The Balaban J connectivity index is 1.37. The maximum absolute atomic E-state index is 13.7. The molecular weight excluding hydrogens is 483 g/mol. The van der Waals surface area contributed by atoms with Crippen LogP contribution in [0.25, 0.3) is 16.9 Å². The summed E-state index contributed by atoms with van der Waals surface area (Å²) in [6, 6.07) is 10.8. The van der Waals surface area contributed by atoms with Crippen molar-refractivity contribution in [1.82, 2.24) is 24.6 Å². The number of halogens is 1. The number of amides is 1. The predicted molar refractivity (Wildman–Crippen MR) is 144 cm³/mol. The van der Waals surface area contributed by atoms with Gasteiger partial charge in [0.1, 0.15) is 17.3 Å². The van der Waals surface area contributed by atoms with Crippen LogP contribution in [0.4, 0.5) is 15.9 Å². The number of imidazole rings is 1. The van der Waals surface area contributed by atoms with E-state index in [1.54, 1.807) is 12.4 Å². The molecule has 2 N–H and O–H groups in total. The third-order valence-corrected chi connectivity index (χ3v) is 7.63. The lowest BCUT2D eigenvalue weighted by atomic mass is 9.96. The molecule has 0 unspecified atom stereocenters. The Morgan fingerprint density at radius 3 is 2.87 bits per heavy atom. The Morgan fingerprint density at radius 2 is 2.08 bits per heavy atom. The second kappa shape index (κ2) is 10.2. The molecule has 8 nitrogen and oxygen atoms in total. The lowest BCUT2D eigenvalue weighted by molar-refractivity contribution is 0.0966. The van der Waals surface area contributed by atoms with Crippen LogP contribution in [0.1, 0.15) is 53.4 Å². The quantitative estimate of drug-likeness (QED) is 0.349. The Kier molecular flexibility index (Phi) is 6.55. The predicted octanol–water partition coefficient (Wildman–Crippen LogP) is 4.87. The number of nitrogens with zero attached hydrogens (tertiary/aromatic N) is 4. The molecule has 2 aliphatic heterocycles. The van der Waals surface area contributed by atoms with Gasteiger partial charge in [-0.3, -0.25) is 14.1 Å². The van der Waals surface area contributed by atoms with Gasteiger partial charge in [-0.15, -0.1) is 0 Å². The number of aromatic nitrogens is 3. The van der Waals surface area contributed by atoms with Crippen LogP contribution >= 0.6 is 0 Å². The van der Waals surface area contributed by atoms with Gasteiger partial charge in [0.15, 0.2) is 0 Å². The number of pyridine rings is 2. The normalized spacial score (nSPS) is 16.8. The highest BCUT2D eigenvalue weighted by molar-refractivity contribution is 6.06. The molecule has 4 aromatic rings. The molecule has 0 spiro atoms. The Morgan fingerprint density at radius 1 is 1.21 bits per heavy atom. The van der Waals surface area contributed by atoms with Crippen LogP contribution in [0.2, 0.25) is 0 Å². The second-order valence-corrected chi connectivity index (χ2v) is 9.79. The summed E-state index contributed by atoms with van der Waals surface area (Å²) in [5, 5.41) is 6.39. The van der Waals surface area contributed by atoms with E-state index in [-0.39, 0.29) is 11.7 Å². The highest BCUT2D eigenvalue weighted by atomic mass is 19.1. The first kappa shape index (κ1) is 24.5. The zero-order valence-electron chi connectivity index (χ0n) is 21.6. The van der Waals surface area contributed by atoms with E-state index in [1.165, 1.54) is 17.7 Å². The van der Waals surface area contributed by atoms with Gasteiger partial charge >= 0.3 is 0 Å². The second-order valence-electron chi connectivity index (χ2n) is 9.79. The number of hydrogen-bond acceptors (Lipinski definition) is 6. The van der Waals surface area contributed by atoms with Gasteiger partial charge in [-0.05, 0) is 48.8 Å². The topological polar surface area (TPSA) is 83.8 Å². The molecule has 2 aliphatic rings. The van der Waals surface area contributed by atoms with E-state index in [4.69, 9.17) is 9.72 Å². The van der Waals surface area contributed by atoms with Crippen LogP contribution in [0.5, 0.6) is 0 Å². The van der Waals surface area contributed by atoms with Crippen LogP contribution in [-0.4, -0.2) is 51.5 Å². The summed E-state index contributed by atoms with van der Waals surface area (Å²) in [6.45, 7) is 8.90. The van der Waals surface area contributed by atoms with Crippen molar-refractivity contribution in [3.8, 4) is 11.3 Å². The van der Waals surface area contributed by atoms with Gasteiger partial charge in [0.2, 0.25) is 0 Å². The van der Waals surface area contributed by atoms with Gasteiger partial charge in [-0.2, -0.15) is 0 Å². The third kappa shape index (κ3) is 4.41. The molecular formula is C29H31FN6O2. The van der Waals surface area contributed by atoms with E-state index in [0.717, 1.165) is 61.8 Å². The summed E-state index contributed by atoms with van der Waals surface area (Å²) in [5.41, 5.74) is 6.68. The smallest absolute Gasteiger partial charge is 0.254 e. The van der Waals surface area contributed by atoms with Crippen molar-refractivity contribution < 1.29 is 13.9 Å². The molecule has 1 fully saturated rings. The number of nitrogens with one attached hydrogen (secondary N) is 2. The maximum atomic E-state index is 13.7. The molecule has 5 heterocycles. The molecule has 0 saturated carbocycles. The van der Waals surface area contributed by atoms with Crippen molar-refractivity contribution in [2.45, 2.75) is 39.3 Å². The van der Waals surface area contributed by atoms with Crippen molar-refractivity contribution >= 4 is 23.1 Å². The van der Waals surface area contributed by atoms with Crippen molar-refractivity contribution in [3.05, 3.63) is 77.0 Å². The number of carbonyl (C=O) groups excluding carboxylic acids is 1. The molecule has 0 bridgehead atoms. The van der Waals surface area contributed by atoms with Gasteiger partial charge in [0, 0.05) is 43.4 Å². The zero-order chi connectivity index (χ0) is 26.2. The molecule has 0 aliphatic carbocycles. The summed E-state index contributed by atoms with van der Waals surface area (Å²) in [6.07, 6.45) is 4.38. The highest BCUT2D eigenvalue weighted by Gasteiger charge is 2.28. The Labute approximate surface area is 220 Å². The third-order valence-electron chi connectivity index (χ3n) is 7.63. The molecule has 1 atom stereocenters. The Hall–Kier alpha value is -3.82. The number of benzene rings is 1. The average molecular weight is 515 g/mol. The number of carbonyl (C=O) groups is 1. The lowest BCUT2D eigenvalue weighted by Crippen LogP contribution is -2.24. The van der Waals surface area contributed by atoms with Crippen molar-refractivity contribution in [2.75, 3.05) is 31.6 Å². The molecule has 1 aromatic carbocycles. The van der Waals surface area contributed by atoms with Gasteiger partial charge in [-0.25, -0.2) is 14.4 Å². The summed E-state index contributed by atoms with van der Waals surface area (Å²) in [7, 11) is 0. The first-order chi connectivity index (χ1) is 18.6. The van der Waals surface area contributed by atoms with Gasteiger partial charge < -0.3 is 15.4 Å². The lowest BCUT2D eigenvalue weighted by Gasteiger charge is -2.22. The number of ether oxygens (including phenoxy) is 1. The molecule has 1 amide bonds. The highest BCUT2D eigenvalue weighted by Crippen LogP contribution is 2.36. The minimum Gasteiger partial charge on any atom is -0.381 e. The summed E-state index contributed by atoms with van der Waals surface area (Å²) < 4.78 is 21.2. The van der Waals surface area contributed by atoms with Crippen LogP contribution in [-0.2, 0) is 17.8 Å². The average Bonchev–Trinajstić information content (AvgIpc) is 3.68. The molecule has 0 radical (unpaired) electrons. The standard InChI is InChI=1S/C29H31FN6O2/c1-3-35(4-2)16-24-20(18-10-12-38-17-18)6-8-26(34-24)33-23-7-5-21(22-14-32-29(37)28(22)23)25-15-31-27-13-19(30)9-11-36(25)27/h5-9,11,13,15,18H,3-4,10,12,14,16-17H2,1-2H3,(H,32,37)(H,33,34)/t18-/m0/s1. The van der Waals surface area contributed by atoms with Gasteiger partial charge in [-0.1, -0.05) is 26.0 Å². The van der Waals surface area contributed by atoms with Crippen LogP contribution in [0.3, 0.4) is 0 Å². The summed E-state index contributed by atoms with van der Waals surface area (Å²) in [5.74, 6) is 0.591. The van der Waals surface area contributed by atoms with E-state index in [9.17, 15) is 9.18 Å². The van der Waals surface area contributed by atoms with Gasteiger partial charge in [0.25, 0.3) is 5.91 Å². The first-order valence-electron chi connectivity index (χ1n) is 13.2. The first-order valence-corrected chi connectivity index (χ1v) is 13.2.